The van der Waals surface area contributed by atoms with Crippen LogP contribution in [0.2, 0.25) is 0 Å². The summed E-state index contributed by atoms with van der Waals surface area (Å²) in [5.74, 6) is 0.448. The number of rotatable bonds is 3. The van der Waals surface area contributed by atoms with Gasteiger partial charge < -0.3 is 4.57 Å². The number of carbonyl (C=O) groups is 1. The Labute approximate surface area is 118 Å². The van der Waals surface area contributed by atoms with E-state index in [9.17, 15) is 4.79 Å². The standard InChI is InChI=1S/C18H17NO/c1-14-6-2-3-8-16(12-14)18(20)13-19-11-10-15-7-4-5-9-17(15)19/h2-12,14H,13H2,1H3. The lowest BCUT2D eigenvalue weighted by molar-refractivity contribution is -0.115. The number of Topliss-reactive ketones (excluding diaryl/α,β-unsaturated/α-hetero) is 1. The summed E-state index contributed by atoms with van der Waals surface area (Å²) in [4.78, 5) is 12.4. The van der Waals surface area contributed by atoms with Gasteiger partial charge in [-0.1, -0.05) is 55.5 Å². The molecule has 0 bridgehead atoms. The second-order valence-electron chi connectivity index (χ2n) is 5.15. The first-order chi connectivity index (χ1) is 9.74. The molecule has 1 aromatic carbocycles. The summed E-state index contributed by atoms with van der Waals surface area (Å²) in [7, 11) is 0. The number of para-hydroxylation sites is 1. The van der Waals surface area contributed by atoms with Gasteiger partial charge in [0.05, 0.1) is 6.54 Å². The summed E-state index contributed by atoms with van der Waals surface area (Å²) in [6.07, 6.45) is 11.9. The van der Waals surface area contributed by atoms with Gasteiger partial charge in [-0.25, -0.2) is 0 Å². The van der Waals surface area contributed by atoms with Crippen LogP contribution in [0.3, 0.4) is 0 Å². The monoisotopic (exact) mass is 263 g/mol. The molecule has 0 N–H and O–H groups in total. The van der Waals surface area contributed by atoms with Gasteiger partial charge in [0.1, 0.15) is 0 Å². The number of fused-ring (bicyclic) bond motifs is 1. The Morgan fingerprint density at radius 2 is 2.05 bits per heavy atom. The lowest BCUT2D eigenvalue weighted by Gasteiger charge is -2.06. The van der Waals surface area contributed by atoms with E-state index in [4.69, 9.17) is 0 Å². The number of allylic oxidation sites excluding steroid dienone is 6. The van der Waals surface area contributed by atoms with Crippen molar-refractivity contribution in [1.29, 1.82) is 0 Å². The maximum absolute atomic E-state index is 12.4. The molecule has 2 nitrogen and oxygen atoms in total. The minimum absolute atomic E-state index is 0.151. The van der Waals surface area contributed by atoms with E-state index in [1.807, 2.05) is 59.3 Å². The molecule has 2 aromatic rings. The van der Waals surface area contributed by atoms with Crippen molar-refractivity contribution in [3.63, 3.8) is 0 Å². The van der Waals surface area contributed by atoms with E-state index in [0.717, 1.165) is 11.1 Å². The molecule has 0 saturated heterocycles. The molecule has 1 aliphatic carbocycles. The molecular formula is C18H17NO. The molecule has 2 heteroatoms. The first-order valence-corrected chi connectivity index (χ1v) is 6.88. The smallest absolute Gasteiger partial charge is 0.182 e. The van der Waals surface area contributed by atoms with Crippen LogP contribution in [0, 0.1) is 5.92 Å². The average molecular weight is 263 g/mol. The van der Waals surface area contributed by atoms with E-state index in [2.05, 4.69) is 19.1 Å². The van der Waals surface area contributed by atoms with Gasteiger partial charge in [0.25, 0.3) is 0 Å². The molecule has 0 aliphatic heterocycles. The lowest BCUT2D eigenvalue weighted by Crippen LogP contribution is -2.11. The Morgan fingerprint density at radius 3 is 2.95 bits per heavy atom. The Kier molecular flexibility index (Phi) is 3.38. The topological polar surface area (TPSA) is 22.0 Å². The molecule has 1 atom stereocenters. The van der Waals surface area contributed by atoms with E-state index in [-0.39, 0.29) is 5.78 Å². The van der Waals surface area contributed by atoms with E-state index >= 15 is 0 Å². The fourth-order valence-corrected chi connectivity index (χ4v) is 2.50. The Bertz CT molecular complexity index is 731. The third-order valence-corrected chi connectivity index (χ3v) is 3.56. The Balaban J connectivity index is 1.86. The van der Waals surface area contributed by atoms with Crippen LogP contribution in [-0.2, 0) is 11.3 Å². The zero-order valence-electron chi connectivity index (χ0n) is 11.5. The first kappa shape index (κ1) is 12.7. The molecule has 0 fully saturated rings. The third-order valence-electron chi connectivity index (χ3n) is 3.56. The quantitative estimate of drug-likeness (QED) is 0.823. The van der Waals surface area contributed by atoms with Gasteiger partial charge in [-0.05, 0) is 23.4 Å². The molecule has 0 saturated carbocycles. The summed E-state index contributed by atoms with van der Waals surface area (Å²) >= 11 is 0. The van der Waals surface area contributed by atoms with Crippen molar-refractivity contribution >= 4 is 16.7 Å². The minimum Gasteiger partial charge on any atom is -0.340 e. The molecule has 0 amide bonds. The van der Waals surface area contributed by atoms with Gasteiger partial charge in [0, 0.05) is 17.3 Å². The number of nitrogens with zero attached hydrogens (tertiary/aromatic N) is 1. The number of carbonyl (C=O) groups excluding carboxylic acids is 1. The molecular weight excluding hydrogens is 246 g/mol. The lowest BCUT2D eigenvalue weighted by atomic mass is 10.1. The minimum atomic E-state index is 0.151. The van der Waals surface area contributed by atoms with Crippen molar-refractivity contribution < 1.29 is 4.79 Å². The van der Waals surface area contributed by atoms with Crippen molar-refractivity contribution in [3.05, 3.63) is 72.5 Å². The van der Waals surface area contributed by atoms with Crippen LogP contribution < -0.4 is 0 Å². The number of aromatic nitrogens is 1. The molecule has 0 spiro atoms. The van der Waals surface area contributed by atoms with Gasteiger partial charge in [-0.2, -0.15) is 0 Å². The predicted octanol–water partition coefficient (Wildman–Crippen LogP) is 3.90. The van der Waals surface area contributed by atoms with Gasteiger partial charge in [0.2, 0.25) is 0 Å². The Morgan fingerprint density at radius 1 is 1.20 bits per heavy atom. The number of benzene rings is 1. The first-order valence-electron chi connectivity index (χ1n) is 6.88. The van der Waals surface area contributed by atoms with Gasteiger partial charge in [-0.3, -0.25) is 4.79 Å². The van der Waals surface area contributed by atoms with Crippen molar-refractivity contribution in [1.82, 2.24) is 4.57 Å². The largest absolute Gasteiger partial charge is 0.340 e. The highest BCUT2D eigenvalue weighted by Crippen LogP contribution is 2.17. The predicted molar refractivity (Wildman–Crippen MR) is 82.5 cm³/mol. The second kappa shape index (κ2) is 5.33. The molecule has 3 rings (SSSR count). The zero-order valence-corrected chi connectivity index (χ0v) is 11.5. The number of ketones is 1. The van der Waals surface area contributed by atoms with Crippen molar-refractivity contribution in [3.8, 4) is 0 Å². The molecule has 1 aliphatic rings. The molecule has 1 heterocycles. The van der Waals surface area contributed by atoms with Gasteiger partial charge in [0.15, 0.2) is 5.78 Å². The molecule has 100 valence electrons. The average Bonchev–Trinajstić information content (AvgIpc) is 2.72. The van der Waals surface area contributed by atoms with Crippen LogP contribution in [0.1, 0.15) is 6.92 Å². The van der Waals surface area contributed by atoms with Crippen LogP contribution in [0.25, 0.3) is 10.9 Å². The van der Waals surface area contributed by atoms with Gasteiger partial charge in [-0.15, -0.1) is 0 Å². The van der Waals surface area contributed by atoms with Gasteiger partial charge >= 0.3 is 0 Å². The fourth-order valence-electron chi connectivity index (χ4n) is 2.50. The van der Waals surface area contributed by atoms with Crippen LogP contribution in [0.5, 0.6) is 0 Å². The van der Waals surface area contributed by atoms with Crippen LogP contribution in [0.4, 0.5) is 0 Å². The van der Waals surface area contributed by atoms with E-state index in [1.165, 1.54) is 5.39 Å². The highest BCUT2D eigenvalue weighted by molar-refractivity contribution is 5.98. The number of hydrogen-bond donors (Lipinski definition) is 0. The third kappa shape index (κ3) is 2.50. The van der Waals surface area contributed by atoms with Crippen molar-refractivity contribution in [2.24, 2.45) is 5.92 Å². The molecule has 1 unspecified atom stereocenters. The summed E-state index contributed by atoms with van der Waals surface area (Å²) in [5, 5.41) is 1.17. The maximum Gasteiger partial charge on any atom is 0.182 e. The zero-order chi connectivity index (χ0) is 13.9. The van der Waals surface area contributed by atoms with E-state index < -0.39 is 0 Å². The van der Waals surface area contributed by atoms with Crippen LogP contribution >= 0.6 is 0 Å². The van der Waals surface area contributed by atoms with Crippen molar-refractivity contribution in [2.45, 2.75) is 13.5 Å². The highest BCUT2D eigenvalue weighted by Gasteiger charge is 2.11. The summed E-state index contributed by atoms with van der Waals surface area (Å²) in [5.41, 5.74) is 1.89. The maximum atomic E-state index is 12.4. The summed E-state index contributed by atoms with van der Waals surface area (Å²) in [6.45, 7) is 2.47. The molecule has 0 radical (unpaired) electrons. The second-order valence-corrected chi connectivity index (χ2v) is 5.15. The van der Waals surface area contributed by atoms with Crippen LogP contribution in [0.15, 0.2) is 72.5 Å². The SMILES string of the molecule is CC1C=CC=CC(C(=O)Cn2ccc3ccccc32)=C1. The molecule has 1 aromatic heterocycles. The highest BCUT2D eigenvalue weighted by atomic mass is 16.1. The number of hydrogen-bond acceptors (Lipinski definition) is 1. The summed E-state index contributed by atoms with van der Waals surface area (Å²) < 4.78 is 2.01. The molecule has 20 heavy (non-hydrogen) atoms. The Hall–Kier alpha value is -2.35. The van der Waals surface area contributed by atoms with Crippen molar-refractivity contribution in [2.75, 3.05) is 0 Å². The fraction of sp³-hybridized carbons (Fsp3) is 0.167. The van der Waals surface area contributed by atoms with E-state index in [1.54, 1.807) is 0 Å². The van der Waals surface area contributed by atoms with E-state index in [0.29, 0.717) is 12.5 Å². The normalized spacial score (nSPS) is 18.1. The van der Waals surface area contributed by atoms with Crippen LogP contribution in [-0.4, -0.2) is 10.4 Å². The summed E-state index contributed by atoms with van der Waals surface area (Å²) in [6, 6.07) is 10.2.